The average molecular weight is 271 g/mol. The van der Waals surface area contributed by atoms with Crippen molar-refractivity contribution in [3.05, 3.63) is 18.5 Å². The second-order valence-electron chi connectivity index (χ2n) is 5.05. The van der Waals surface area contributed by atoms with Crippen LogP contribution < -0.4 is 5.73 Å². The molecular weight excluding hydrogens is 250 g/mol. The fraction of sp³-hybridized carbons (Fsp3) is 0.667. The second kappa shape index (κ2) is 5.03. The molecule has 1 aliphatic rings. The number of aryl methyl sites for hydroxylation is 1. The van der Waals surface area contributed by atoms with E-state index in [-0.39, 0.29) is 6.04 Å². The molecule has 0 spiro atoms. The smallest absolute Gasteiger partial charge is 0.244 e. The molecule has 2 heterocycles. The summed E-state index contributed by atoms with van der Waals surface area (Å²) < 4.78 is 28.5. The molecule has 2 unspecified atom stereocenters. The minimum Gasteiger partial charge on any atom is -0.356 e. The maximum Gasteiger partial charge on any atom is 0.244 e. The molecule has 0 radical (unpaired) electrons. The van der Waals surface area contributed by atoms with Crippen molar-refractivity contribution in [1.82, 2.24) is 8.87 Å². The fourth-order valence-electron chi connectivity index (χ4n) is 2.63. The van der Waals surface area contributed by atoms with Gasteiger partial charge >= 0.3 is 0 Å². The third-order valence-corrected chi connectivity index (χ3v) is 5.63. The molecule has 2 rings (SSSR count). The van der Waals surface area contributed by atoms with Gasteiger partial charge < -0.3 is 10.3 Å². The van der Waals surface area contributed by atoms with Crippen molar-refractivity contribution in [1.29, 1.82) is 0 Å². The van der Waals surface area contributed by atoms with Gasteiger partial charge in [-0.2, -0.15) is 4.31 Å². The number of hydrogen-bond donors (Lipinski definition) is 1. The topological polar surface area (TPSA) is 68.3 Å². The number of rotatable bonds is 3. The third-order valence-electron chi connectivity index (χ3n) is 3.72. The zero-order valence-corrected chi connectivity index (χ0v) is 11.7. The maximum absolute atomic E-state index is 12.6. The Morgan fingerprint density at radius 3 is 2.78 bits per heavy atom. The van der Waals surface area contributed by atoms with Crippen LogP contribution in [0.25, 0.3) is 0 Å². The van der Waals surface area contributed by atoms with Gasteiger partial charge in [0.05, 0.1) is 4.90 Å². The molecule has 6 heteroatoms. The standard InChI is InChI=1S/C12H21N3O2S/c1-10-4-3-6-15(12(10)8-13)18(16,17)11-5-7-14(2)9-11/h5,7,9-10,12H,3-4,6,8,13H2,1-2H3. The molecule has 0 bridgehead atoms. The van der Waals surface area contributed by atoms with Crippen molar-refractivity contribution in [3.8, 4) is 0 Å². The van der Waals surface area contributed by atoms with Gasteiger partial charge in [-0.05, 0) is 24.8 Å². The number of piperidine rings is 1. The molecule has 0 amide bonds. The normalized spacial score (nSPS) is 26.4. The van der Waals surface area contributed by atoms with Gasteiger partial charge in [0.15, 0.2) is 0 Å². The molecule has 1 aromatic heterocycles. The van der Waals surface area contributed by atoms with E-state index in [1.54, 1.807) is 27.3 Å². The van der Waals surface area contributed by atoms with E-state index in [1.165, 1.54) is 0 Å². The van der Waals surface area contributed by atoms with Crippen LogP contribution >= 0.6 is 0 Å². The summed E-state index contributed by atoms with van der Waals surface area (Å²) in [6.07, 6.45) is 5.34. The molecular formula is C12H21N3O2S. The largest absolute Gasteiger partial charge is 0.356 e. The van der Waals surface area contributed by atoms with Gasteiger partial charge in [0.2, 0.25) is 10.0 Å². The van der Waals surface area contributed by atoms with Crippen molar-refractivity contribution < 1.29 is 8.42 Å². The molecule has 1 aliphatic heterocycles. The zero-order valence-electron chi connectivity index (χ0n) is 10.9. The minimum absolute atomic E-state index is 0.0797. The number of nitrogens with two attached hydrogens (primary N) is 1. The number of nitrogens with zero attached hydrogens (tertiary/aromatic N) is 2. The Kier molecular flexibility index (Phi) is 3.79. The number of sulfonamides is 1. The molecule has 102 valence electrons. The van der Waals surface area contributed by atoms with E-state index in [1.807, 2.05) is 7.05 Å². The van der Waals surface area contributed by atoms with Crippen LogP contribution in [-0.2, 0) is 17.1 Å². The van der Waals surface area contributed by atoms with Crippen molar-refractivity contribution >= 4 is 10.0 Å². The summed E-state index contributed by atoms with van der Waals surface area (Å²) in [7, 11) is -1.59. The average Bonchev–Trinajstić information content (AvgIpc) is 2.76. The lowest BCUT2D eigenvalue weighted by Gasteiger charge is -2.38. The van der Waals surface area contributed by atoms with E-state index < -0.39 is 10.0 Å². The molecule has 1 saturated heterocycles. The predicted octanol–water partition coefficient (Wildman–Crippen LogP) is 0.773. The van der Waals surface area contributed by atoms with E-state index >= 15 is 0 Å². The summed E-state index contributed by atoms with van der Waals surface area (Å²) in [5, 5.41) is 0. The third kappa shape index (κ3) is 2.32. The van der Waals surface area contributed by atoms with Gasteiger partial charge in [-0.1, -0.05) is 6.92 Å². The summed E-state index contributed by atoms with van der Waals surface area (Å²) in [4.78, 5) is 0.359. The number of hydrogen-bond acceptors (Lipinski definition) is 3. The Morgan fingerprint density at radius 1 is 1.50 bits per heavy atom. The Bertz CT molecular complexity index is 509. The first-order chi connectivity index (χ1) is 8.46. The van der Waals surface area contributed by atoms with Crippen molar-refractivity contribution in [2.24, 2.45) is 18.7 Å². The Morgan fingerprint density at radius 2 is 2.22 bits per heavy atom. The van der Waals surface area contributed by atoms with Gasteiger partial charge in [0, 0.05) is 38.6 Å². The first kappa shape index (κ1) is 13.6. The maximum atomic E-state index is 12.6. The molecule has 0 saturated carbocycles. The van der Waals surface area contributed by atoms with Gasteiger partial charge in [-0.3, -0.25) is 0 Å². The highest BCUT2D eigenvalue weighted by atomic mass is 32.2. The van der Waals surface area contributed by atoms with Crippen LogP contribution in [0.5, 0.6) is 0 Å². The highest BCUT2D eigenvalue weighted by molar-refractivity contribution is 7.89. The van der Waals surface area contributed by atoms with Gasteiger partial charge in [-0.25, -0.2) is 8.42 Å². The molecule has 1 aromatic rings. The van der Waals surface area contributed by atoms with Crippen molar-refractivity contribution in [2.45, 2.75) is 30.7 Å². The summed E-state index contributed by atoms with van der Waals surface area (Å²) in [5.74, 6) is 0.322. The van der Waals surface area contributed by atoms with Gasteiger partial charge in [0.1, 0.15) is 0 Å². The van der Waals surface area contributed by atoms with Crippen LogP contribution in [0.2, 0.25) is 0 Å². The molecule has 0 aromatic carbocycles. The lowest BCUT2D eigenvalue weighted by atomic mass is 9.93. The monoisotopic (exact) mass is 271 g/mol. The van der Waals surface area contributed by atoms with Crippen LogP contribution in [-0.4, -0.2) is 36.4 Å². The van der Waals surface area contributed by atoms with E-state index in [0.717, 1.165) is 12.8 Å². The van der Waals surface area contributed by atoms with Crippen LogP contribution in [0.3, 0.4) is 0 Å². The highest BCUT2D eigenvalue weighted by Crippen LogP contribution is 2.28. The van der Waals surface area contributed by atoms with E-state index in [0.29, 0.717) is 23.9 Å². The minimum atomic E-state index is -3.40. The second-order valence-corrected chi connectivity index (χ2v) is 6.94. The summed E-state index contributed by atoms with van der Waals surface area (Å²) in [6.45, 7) is 3.03. The van der Waals surface area contributed by atoms with E-state index in [4.69, 9.17) is 5.73 Å². The summed E-state index contributed by atoms with van der Waals surface area (Å²) in [5.41, 5.74) is 5.75. The van der Waals surface area contributed by atoms with Gasteiger partial charge in [0.25, 0.3) is 0 Å². The molecule has 18 heavy (non-hydrogen) atoms. The van der Waals surface area contributed by atoms with Gasteiger partial charge in [-0.15, -0.1) is 0 Å². The zero-order chi connectivity index (χ0) is 13.3. The Labute approximate surface area is 109 Å². The van der Waals surface area contributed by atoms with Crippen LogP contribution in [0, 0.1) is 5.92 Å². The molecule has 5 nitrogen and oxygen atoms in total. The predicted molar refractivity (Wildman–Crippen MR) is 70.5 cm³/mol. The van der Waals surface area contributed by atoms with Crippen LogP contribution in [0.1, 0.15) is 19.8 Å². The molecule has 2 atom stereocenters. The Balaban J connectivity index is 2.34. The molecule has 0 aliphatic carbocycles. The quantitative estimate of drug-likeness (QED) is 0.883. The molecule has 1 fully saturated rings. The van der Waals surface area contributed by atoms with Crippen LogP contribution in [0.4, 0.5) is 0 Å². The SMILES string of the molecule is CC1CCCN(S(=O)(=O)c2ccn(C)c2)C1CN. The van der Waals surface area contributed by atoms with E-state index in [2.05, 4.69) is 6.92 Å². The summed E-state index contributed by atoms with van der Waals surface area (Å²) >= 11 is 0. The number of aromatic nitrogens is 1. The molecule has 2 N–H and O–H groups in total. The fourth-order valence-corrected chi connectivity index (χ4v) is 4.45. The van der Waals surface area contributed by atoms with E-state index in [9.17, 15) is 8.42 Å². The first-order valence-electron chi connectivity index (χ1n) is 6.30. The van der Waals surface area contributed by atoms with Crippen LogP contribution in [0.15, 0.2) is 23.4 Å². The summed E-state index contributed by atoms with van der Waals surface area (Å²) in [6, 6.07) is 1.56. The Hall–Kier alpha value is -0.850. The highest BCUT2D eigenvalue weighted by Gasteiger charge is 2.36. The van der Waals surface area contributed by atoms with Crippen molar-refractivity contribution in [2.75, 3.05) is 13.1 Å². The first-order valence-corrected chi connectivity index (χ1v) is 7.74. The lowest BCUT2D eigenvalue weighted by molar-refractivity contribution is 0.192. The lowest BCUT2D eigenvalue weighted by Crippen LogP contribution is -2.51. The van der Waals surface area contributed by atoms with Crippen molar-refractivity contribution in [3.63, 3.8) is 0 Å².